The van der Waals surface area contributed by atoms with Crippen molar-refractivity contribution in [2.45, 2.75) is 50.9 Å². The summed E-state index contributed by atoms with van der Waals surface area (Å²) >= 11 is 3.08. The first-order valence-corrected chi connectivity index (χ1v) is 10.5. The van der Waals surface area contributed by atoms with Crippen molar-refractivity contribution in [3.05, 3.63) is 73.0 Å². The summed E-state index contributed by atoms with van der Waals surface area (Å²) in [6.07, 6.45) is -1.84. The predicted octanol–water partition coefficient (Wildman–Crippen LogP) is 1.86. The molecule has 0 amide bonds. The summed E-state index contributed by atoms with van der Waals surface area (Å²) in [5.41, 5.74) is 1.10. The molecule has 0 aliphatic carbocycles. The molecule has 9 heteroatoms. The van der Waals surface area contributed by atoms with E-state index in [1.54, 1.807) is 0 Å². The minimum Gasteiger partial charge on any atom is -0.387 e. The van der Waals surface area contributed by atoms with Gasteiger partial charge in [-0.3, -0.25) is 14.3 Å². The van der Waals surface area contributed by atoms with Gasteiger partial charge in [0.25, 0.3) is 5.56 Å². The second kappa shape index (κ2) is 9.84. The summed E-state index contributed by atoms with van der Waals surface area (Å²) in [4.78, 5) is 27.7. The summed E-state index contributed by atoms with van der Waals surface area (Å²) in [5.74, 6) is 0.447. The van der Waals surface area contributed by atoms with Gasteiger partial charge in [0, 0.05) is 6.20 Å². The molecule has 2 aromatic rings. The first-order valence-electron chi connectivity index (χ1n) is 9.62. The molecule has 3 rings (SSSR count). The molecular formula is C21H25BrN2O6. The fraction of sp³-hybridized carbons (Fsp3) is 0.429. The second-order valence-electron chi connectivity index (χ2n) is 7.50. The highest BCUT2D eigenvalue weighted by molar-refractivity contribution is 9.11. The van der Waals surface area contributed by atoms with Crippen LogP contribution in [0.2, 0.25) is 0 Å². The quantitative estimate of drug-likeness (QED) is 0.557. The third kappa shape index (κ3) is 4.98. The Morgan fingerprint density at radius 2 is 1.93 bits per heavy atom. The highest BCUT2D eigenvalue weighted by atomic mass is 79.9. The smallest absolute Gasteiger partial charge is 0.330 e. The summed E-state index contributed by atoms with van der Waals surface area (Å²) in [5, 5.41) is 20.7. The molecule has 3 N–H and O–H groups in total. The third-order valence-electron chi connectivity index (χ3n) is 5.05. The largest absolute Gasteiger partial charge is 0.387 e. The molecule has 1 aromatic heterocycles. The Bertz CT molecular complexity index is 998. The molecule has 1 aliphatic rings. The molecular weight excluding hydrogens is 456 g/mol. The van der Waals surface area contributed by atoms with Crippen LogP contribution in [-0.4, -0.2) is 44.7 Å². The second-order valence-corrected chi connectivity index (χ2v) is 8.03. The van der Waals surface area contributed by atoms with Crippen molar-refractivity contribution in [2.75, 3.05) is 6.61 Å². The van der Waals surface area contributed by atoms with Crippen molar-refractivity contribution in [1.82, 2.24) is 9.55 Å². The van der Waals surface area contributed by atoms with Crippen molar-refractivity contribution >= 4 is 22.0 Å². The number of ether oxygens (including phenoxy) is 2. The number of aromatic amines is 1. The van der Waals surface area contributed by atoms with Crippen molar-refractivity contribution in [3.8, 4) is 0 Å². The average molecular weight is 481 g/mol. The van der Waals surface area contributed by atoms with Crippen molar-refractivity contribution in [2.24, 2.45) is 0 Å². The van der Waals surface area contributed by atoms with Crippen LogP contribution in [0, 0.1) is 0 Å². The van der Waals surface area contributed by atoms with Crippen molar-refractivity contribution < 1.29 is 19.7 Å². The summed E-state index contributed by atoms with van der Waals surface area (Å²) in [6, 6.07) is 8.06. The van der Waals surface area contributed by atoms with Gasteiger partial charge in [0.15, 0.2) is 6.23 Å². The van der Waals surface area contributed by atoms with Gasteiger partial charge in [0.2, 0.25) is 0 Å². The fourth-order valence-electron chi connectivity index (χ4n) is 3.26. The van der Waals surface area contributed by atoms with Gasteiger partial charge in [-0.2, -0.15) is 0 Å². The zero-order valence-corrected chi connectivity index (χ0v) is 18.3. The molecule has 8 nitrogen and oxygen atoms in total. The van der Waals surface area contributed by atoms with Gasteiger partial charge >= 0.3 is 5.69 Å². The van der Waals surface area contributed by atoms with Crippen LogP contribution in [0.1, 0.15) is 42.7 Å². The Hall–Kier alpha value is -2.04. The molecule has 0 saturated carbocycles. The number of benzene rings is 1. The van der Waals surface area contributed by atoms with Gasteiger partial charge in [-0.05, 0) is 28.1 Å². The SMILES string of the molecule is CC(C)c1ccc(COC[C@H]2O[C@@H](n3cc(C=CBr)c(=O)[nH]c3=O)[C@@H](O)[C@@H]2O)cc1. The number of nitrogens with zero attached hydrogens (tertiary/aromatic N) is 1. The Kier molecular flexibility index (Phi) is 7.43. The third-order valence-corrected chi connectivity index (χ3v) is 5.31. The number of halogens is 1. The van der Waals surface area contributed by atoms with Crippen LogP contribution in [0.5, 0.6) is 0 Å². The number of H-pyrrole nitrogens is 1. The monoisotopic (exact) mass is 480 g/mol. The highest BCUT2D eigenvalue weighted by Crippen LogP contribution is 2.29. The van der Waals surface area contributed by atoms with E-state index in [1.165, 1.54) is 22.8 Å². The lowest BCUT2D eigenvalue weighted by Crippen LogP contribution is -2.38. The zero-order chi connectivity index (χ0) is 21.8. The standard InChI is InChI=1S/C21H25BrN2O6/c1-12(2)14-5-3-13(4-6-14)10-29-11-16-17(25)18(26)20(30-16)24-9-15(7-8-22)19(27)23-21(24)28/h3-9,12,16-18,20,25-26H,10-11H2,1-2H3,(H,23,27,28)/t16-,17-,18+,20-/m1/s1. The van der Waals surface area contributed by atoms with Gasteiger partial charge in [0.1, 0.15) is 18.3 Å². The minimum atomic E-state index is -1.35. The summed E-state index contributed by atoms with van der Waals surface area (Å²) in [6.45, 7) is 4.61. The number of aliphatic hydroxyl groups is 2. The van der Waals surface area contributed by atoms with Gasteiger partial charge < -0.3 is 19.7 Å². The van der Waals surface area contributed by atoms with E-state index in [1.807, 2.05) is 24.3 Å². The van der Waals surface area contributed by atoms with Crippen molar-refractivity contribution in [3.63, 3.8) is 0 Å². The van der Waals surface area contributed by atoms with E-state index in [0.717, 1.165) is 10.1 Å². The number of aliphatic hydroxyl groups excluding tert-OH is 2. The van der Waals surface area contributed by atoms with Crippen LogP contribution in [0.25, 0.3) is 6.08 Å². The maximum atomic E-state index is 12.2. The lowest BCUT2D eigenvalue weighted by atomic mass is 10.0. The van der Waals surface area contributed by atoms with E-state index in [0.29, 0.717) is 12.5 Å². The first kappa shape index (κ1) is 22.6. The van der Waals surface area contributed by atoms with Crippen LogP contribution in [0.3, 0.4) is 0 Å². The molecule has 4 atom stereocenters. The number of hydrogen-bond acceptors (Lipinski definition) is 6. The molecule has 0 bridgehead atoms. The Balaban J connectivity index is 1.66. The van der Waals surface area contributed by atoms with Crippen LogP contribution in [-0.2, 0) is 16.1 Å². The van der Waals surface area contributed by atoms with Gasteiger partial charge in [-0.15, -0.1) is 0 Å². The number of nitrogens with one attached hydrogen (secondary N) is 1. The average Bonchev–Trinajstić information content (AvgIpc) is 2.99. The Morgan fingerprint density at radius 3 is 2.57 bits per heavy atom. The molecule has 0 spiro atoms. The van der Waals surface area contributed by atoms with Crippen LogP contribution >= 0.6 is 15.9 Å². The maximum Gasteiger partial charge on any atom is 0.330 e. The summed E-state index contributed by atoms with van der Waals surface area (Å²) in [7, 11) is 0. The van der Waals surface area contributed by atoms with Crippen LogP contribution in [0.4, 0.5) is 0 Å². The zero-order valence-electron chi connectivity index (χ0n) is 16.7. The van der Waals surface area contributed by atoms with E-state index >= 15 is 0 Å². The van der Waals surface area contributed by atoms with E-state index in [4.69, 9.17) is 9.47 Å². The molecule has 2 heterocycles. The molecule has 30 heavy (non-hydrogen) atoms. The van der Waals surface area contributed by atoms with Crippen LogP contribution in [0.15, 0.2) is 45.0 Å². The number of rotatable bonds is 7. The van der Waals surface area contributed by atoms with E-state index in [9.17, 15) is 19.8 Å². The molecule has 1 aromatic carbocycles. The molecule has 1 aliphatic heterocycles. The van der Waals surface area contributed by atoms with Crippen LogP contribution < -0.4 is 11.2 Å². The van der Waals surface area contributed by atoms with Gasteiger partial charge in [-0.1, -0.05) is 54.0 Å². The molecule has 0 radical (unpaired) electrons. The Labute approximate surface area is 181 Å². The lowest BCUT2D eigenvalue weighted by Gasteiger charge is -2.17. The molecule has 0 unspecified atom stereocenters. The lowest BCUT2D eigenvalue weighted by molar-refractivity contribution is -0.0711. The summed E-state index contributed by atoms with van der Waals surface area (Å²) < 4.78 is 12.4. The molecule has 162 valence electrons. The Morgan fingerprint density at radius 1 is 1.23 bits per heavy atom. The van der Waals surface area contributed by atoms with E-state index in [-0.39, 0.29) is 12.2 Å². The number of aromatic nitrogens is 2. The topological polar surface area (TPSA) is 114 Å². The first-order chi connectivity index (χ1) is 14.3. The predicted molar refractivity (Wildman–Crippen MR) is 115 cm³/mol. The van der Waals surface area contributed by atoms with Crippen molar-refractivity contribution in [1.29, 1.82) is 0 Å². The molecule has 1 fully saturated rings. The highest BCUT2D eigenvalue weighted by Gasteiger charge is 2.44. The molecule has 1 saturated heterocycles. The maximum absolute atomic E-state index is 12.2. The van der Waals surface area contributed by atoms with E-state index < -0.39 is 35.8 Å². The van der Waals surface area contributed by atoms with Gasteiger partial charge in [0.05, 0.1) is 18.8 Å². The fourth-order valence-corrected chi connectivity index (χ4v) is 3.55. The van der Waals surface area contributed by atoms with E-state index in [2.05, 4.69) is 34.8 Å². The normalized spacial score (nSPS) is 24.2. The van der Waals surface area contributed by atoms with Gasteiger partial charge in [-0.25, -0.2) is 4.79 Å². The number of hydrogen-bond donors (Lipinski definition) is 3. The minimum absolute atomic E-state index is 0.0346.